The number of oxime groups is 1. The van der Waals surface area contributed by atoms with Gasteiger partial charge in [-0.15, -0.1) is 0 Å². The molecule has 0 saturated carbocycles. The topological polar surface area (TPSA) is 96.4 Å². The molecule has 8 heteroatoms. The summed E-state index contributed by atoms with van der Waals surface area (Å²) in [7, 11) is 0. The van der Waals surface area contributed by atoms with Gasteiger partial charge in [-0.05, 0) is 53.7 Å². The molecule has 0 aliphatic heterocycles. The number of benzene rings is 2. The van der Waals surface area contributed by atoms with Gasteiger partial charge in [0.05, 0.1) is 16.4 Å². The van der Waals surface area contributed by atoms with Crippen LogP contribution in [0, 0.1) is 0 Å². The lowest BCUT2D eigenvalue weighted by atomic mass is 9.94. The van der Waals surface area contributed by atoms with Crippen molar-refractivity contribution in [2.24, 2.45) is 10.3 Å². The third-order valence-electron chi connectivity index (χ3n) is 5.18. The number of fused-ring (bicyclic) bond motifs is 3. The molecule has 2 N–H and O–H groups in total. The van der Waals surface area contributed by atoms with E-state index in [0.29, 0.717) is 21.3 Å². The molecule has 1 aliphatic carbocycles. The normalized spacial score (nSPS) is 14.1. The second kappa shape index (κ2) is 9.34. The van der Waals surface area contributed by atoms with Crippen LogP contribution >= 0.6 is 15.9 Å². The Bertz CT molecular complexity index is 1170. The van der Waals surface area contributed by atoms with Gasteiger partial charge in [0.25, 0.3) is 5.91 Å². The van der Waals surface area contributed by atoms with Crippen molar-refractivity contribution in [3.63, 3.8) is 0 Å². The lowest BCUT2D eigenvalue weighted by molar-refractivity contribution is -0.125. The van der Waals surface area contributed by atoms with Gasteiger partial charge in [0.1, 0.15) is 17.1 Å². The summed E-state index contributed by atoms with van der Waals surface area (Å²) >= 11 is 3.35. The van der Waals surface area contributed by atoms with Gasteiger partial charge in [0.15, 0.2) is 6.61 Å². The van der Waals surface area contributed by atoms with Crippen LogP contribution < -0.4 is 5.43 Å². The molecule has 0 atom stereocenters. The van der Waals surface area contributed by atoms with Gasteiger partial charge in [0.2, 0.25) is 0 Å². The van der Waals surface area contributed by atoms with Crippen molar-refractivity contribution in [2.75, 3.05) is 6.61 Å². The minimum absolute atomic E-state index is 0.0546. The van der Waals surface area contributed by atoms with Crippen LogP contribution in [0.1, 0.15) is 42.2 Å². The van der Waals surface area contributed by atoms with Gasteiger partial charge < -0.3 is 14.4 Å². The van der Waals surface area contributed by atoms with Crippen LogP contribution in [0.2, 0.25) is 0 Å². The molecule has 1 aliphatic rings. The highest BCUT2D eigenvalue weighted by molar-refractivity contribution is 9.10. The van der Waals surface area contributed by atoms with Crippen LogP contribution in [0.25, 0.3) is 11.0 Å². The van der Waals surface area contributed by atoms with Gasteiger partial charge >= 0.3 is 0 Å². The highest BCUT2D eigenvalue weighted by Crippen LogP contribution is 2.40. The Morgan fingerprint density at radius 3 is 2.87 bits per heavy atom. The molecule has 3 aromatic rings. The van der Waals surface area contributed by atoms with E-state index in [-0.39, 0.29) is 12.4 Å². The maximum atomic E-state index is 12.0. The minimum atomic E-state index is -0.458. The predicted molar refractivity (Wildman–Crippen MR) is 123 cm³/mol. The fraction of sp³-hybridized carbons (Fsp3) is 0.261. The van der Waals surface area contributed by atoms with E-state index in [4.69, 9.17) is 9.25 Å². The summed E-state index contributed by atoms with van der Waals surface area (Å²) in [6.45, 7) is 1.53. The van der Waals surface area contributed by atoms with Crippen molar-refractivity contribution in [3.05, 3.63) is 63.3 Å². The lowest BCUT2D eigenvalue weighted by Crippen LogP contribution is -2.22. The summed E-state index contributed by atoms with van der Waals surface area (Å²) in [5.41, 5.74) is 6.30. The second-order valence-electron chi connectivity index (χ2n) is 7.31. The first-order valence-electron chi connectivity index (χ1n) is 10.0. The summed E-state index contributed by atoms with van der Waals surface area (Å²) < 4.78 is 6.49. The van der Waals surface area contributed by atoms with Crippen molar-refractivity contribution in [1.29, 1.82) is 0 Å². The molecular weight excluding hydrogens is 462 g/mol. The zero-order valence-electron chi connectivity index (χ0n) is 17.0. The number of phenolic OH excluding ortho intramolecular Hbond substituents is 1. The van der Waals surface area contributed by atoms with E-state index in [2.05, 4.69) is 31.6 Å². The Hall–Kier alpha value is -3.13. The standard InChI is InChI=1S/C23H22BrN3O4/c1-14(15-7-3-2-4-8-15)27-30-13-21(28)26-25-12-17-22-16-9-5-6-10-19(16)31-20(22)11-18(24)23(17)29/h2-4,7-8,11-12,29H,5-6,9-10,13H2,1H3,(H,26,28). The van der Waals surface area contributed by atoms with E-state index >= 15 is 0 Å². The molecule has 2 aromatic carbocycles. The summed E-state index contributed by atoms with van der Waals surface area (Å²) in [6.07, 6.45) is 5.38. The average Bonchev–Trinajstić information content (AvgIpc) is 3.14. The maximum absolute atomic E-state index is 12.0. The number of amides is 1. The summed E-state index contributed by atoms with van der Waals surface area (Å²) in [4.78, 5) is 17.2. The SMILES string of the molecule is CC(=NOCC(=O)NN=Cc1c(O)c(Br)cc2oc3c(c12)CCCC3)c1ccccc1. The maximum Gasteiger partial charge on any atom is 0.280 e. The van der Waals surface area contributed by atoms with E-state index in [0.717, 1.165) is 48.0 Å². The number of rotatable bonds is 6. The van der Waals surface area contributed by atoms with Crippen molar-refractivity contribution in [1.82, 2.24) is 5.43 Å². The van der Waals surface area contributed by atoms with E-state index in [1.165, 1.54) is 6.21 Å². The van der Waals surface area contributed by atoms with Crippen LogP contribution in [0.15, 0.2) is 55.5 Å². The number of carbonyl (C=O) groups excluding carboxylic acids is 1. The molecule has 31 heavy (non-hydrogen) atoms. The summed E-state index contributed by atoms with van der Waals surface area (Å²) in [5, 5.41) is 19.4. The van der Waals surface area contributed by atoms with Crippen LogP contribution in [-0.2, 0) is 22.5 Å². The number of phenols is 1. The quantitative estimate of drug-likeness (QED) is 0.393. The number of hydrogen-bond donors (Lipinski definition) is 2. The first-order valence-corrected chi connectivity index (χ1v) is 10.8. The van der Waals surface area contributed by atoms with Crippen molar-refractivity contribution in [3.8, 4) is 5.75 Å². The molecule has 160 valence electrons. The smallest absolute Gasteiger partial charge is 0.280 e. The fourth-order valence-corrected chi connectivity index (χ4v) is 4.08. The third-order valence-corrected chi connectivity index (χ3v) is 5.78. The van der Waals surface area contributed by atoms with Crippen molar-refractivity contribution >= 4 is 44.7 Å². The fourth-order valence-electron chi connectivity index (χ4n) is 3.66. The molecule has 0 radical (unpaired) electrons. The Balaban J connectivity index is 1.44. The van der Waals surface area contributed by atoms with Gasteiger partial charge in [0, 0.05) is 22.9 Å². The van der Waals surface area contributed by atoms with E-state index in [1.54, 1.807) is 13.0 Å². The van der Waals surface area contributed by atoms with Gasteiger partial charge in [-0.3, -0.25) is 4.79 Å². The molecule has 0 bridgehead atoms. The molecule has 0 unspecified atom stereocenters. The number of furan rings is 1. The van der Waals surface area contributed by atoms with Gasteiger partial charge in [-0.1, -0.05) is 35.5 Å². The monoisotopic (exact) mass is 483 g/mol. The van der Waals surface area contributed by atoms with Crippen LogP contribution in [0.4, 0.5) is 0 Å². The Morgan fingerprint density at radius 1 is 1.29 bits per heavy atom. The second-order valence-corrected chi connectivity index (χ2v) is 8.17. The number of carbonyl (C=O) groups is 1. The van der Waals surface area contributed by atoms with Crippen molar-refractivity contribution < 1.29 is 19.2 Å². The number of aromatic hydroxyl groups is 1. The van der Waals surface area contributed by atoms with Gasteiger partial charge in [-0.2, -0.15) is 5.10 Å². The highest BCUT2D eigenvalue weighted by atomic mass is 79.9. The van der Waals surface area contributed by atoms with E-state index in [9.17, 15) is 9.90 Å². The largest absolute Gasteiger partial charge is 0.506 e. The Labute approximate surface area is 187 Å². The number of hydrazone groups is 1. The van der Waals surface area contributed by atoms with Crippen LogP contribution in [-0.4, -0.2) is 29.5 Å². The average molecular weight is 484 g/mol. The lowest BCUT2D eigenvalue weighted by Gasteiger charge is -2.10. The Kier molecular flexibility index (Phi) is 6.36. The number of nitrogens with zero attached hydrogens (tertiary/aromatic N) is 2. The highest BCUT2D eigenvalue weighted by Gasteiger charge is 2.22. The zero-order chi connectivity index (χ0) is 21.8. The Morgan fingerprint density at radius 2 is 2.06 bits per heavy atom. The first kappa shape index (κ1) is 21.1. The molecule has 0 saturated heterocycles. The number of nitrogens with one attached hydrogen (secondary N) is 1. The molecule has 7 nitrogen and oxygen atoms in total. The molecule has 0 spiro atoms. The molecule has 4 rings (SSSR count). The number of hydrogen-bond acceptors (Lipinski definition) is 6. The van der Waals surface area contributed by atoms with Crippen molar-refractivity contribution in [2.45, 2.75) is 32.6 Å². The van der Waals surface area contributed by atoms with E-state index < -0.39 is 5.91 Å². The van der Waals surface area contributed by atoms with Crippen LogP contribution in [0.3, 0.4) is 0 Å². The number of halogens is 1. The summed E-state index contributed by atoms with van der Waals surface area (Å²) in [5.74, 6) is 0.553. The molecule has 0 fully saturated rings. The first-order chi connectivity index (χ1) is 15.0. The minimum Gasteiger partial charge on any atom is -0.506 e. The zero-order valence-corrected chi connectivity index (χ0v) is 18.6. The molecule has 1 amide bonds. The molecule has 1 heterocycles. The van der Waals surface area contributed by atoms with Crippen LogP contribution in [0.5, 0.6) is 5.75 Å². The molecular formula is C23H22BrN3O4. The third kappa shape index (κ3) is 4.64. The predicted octanol–water partition coefficient (Wildman–Crippen LogP) is 4.67. The van der Waals surface area contributed by atoms with E-state index in [1.807, 2.05) is 30.3 Å². The number of aryl methyl sites for hydroxylation is 2. The summed E-state index contributed by atoms with van der Waals surface area (Å²) in [6, 6.07) is 11.3. The molecule has 1 aromatic heterocycles. The van der Waals surface area contributed by atoms with Gasteiger partial charge in [-0.25, -0.2) is 5.43 Å².